The van der Waals surface area contributed by atoms with Crippen LogP contribution in [-0.4, -0.2) is 48.6 Å². The maximum atomic E-state index is 12.1. The van der Waals surface area contributed by atoms with Crippen LogP contribution in [0.25, 0.3) is 0 Å². The van der Waals surface area contributed by atoms with Gasteiger partial charge in [0.05, 0.1) is 6.61 Å². The molecule has 2 saturated heterocycles. The van der Waals surface area contributed by atoms with E-state index in [2.05, 4.69) is 10.3 Å². The second-order valence-corrected chi connectivity index (χ2v) is 6.24. The van der Waals surface area contributed by atoms with Crippen molar-refractivity contribution in [1.29, 1.82) is 0 Å². The number of anilines is 1. The summed E-state index contributed by atoms with van der Waals surface area (Å²) < 4.78 is 5.55. The van der Waals surface area contributed by atoms with Gasteiger partial charge in [-0.2, -0.15) is 0 Å². The van der Waals surface area contributed by atoms with E-state index in [4.69, 9.17) is 4.74 Å². The van der Waals surface area contributed by atoms with E-state index >= 15 is 0 Å². The van der Waals surface area contributed by atoms with E-state index in [9.17, 15) is 4.79 Å². The van der Waals surface area contributed by atoms with Gasteiger partial charge in [0.1, 0.15) is 0 Å². The average molecular weight is 289 g/mol. The summed E-state index contributed by atoms with van der Waals surface area (Å²) in [6.07, 6.45) is 6.37. The van der Waals surface area contributed by atoms with E-state index in [-0.39, 0.29) is 11.3 Å². The van der Waals surface area contributed by atoms with Crippen LogP contribution in [0.5, 0.6) is 0 Å². The molecule has 1 amide bonds. The van der Waals surface area contributed by atoms with Crippen molar-refractivity contribution in [2.45, 2.75) is 26.2 Å². The minimum atomic E-state index is 0.223. The number of aromatic nitrogens is 1. The summed E-state index contributed by atoms with van der Waals surface area (Å²) in [7, 11) is 0. The van der Waals surface area contributed by atoms with Crippen molar-refractivity contribution in [2.24, 2.45) is 5.41 Å². The molecule has 114 valence electrons. The fraction of sp³-hybridized carbons (Fsp3) is 0.625. The lowest BCUT2D eigenvalue weighted by Gasteiger charge is -2.39. The summed E-state index contributed by atoms with van der Waals surface area (Å²) in [4.78, 5) is 18.2. The predicted octanol–water partition coefficient (Wildman–Crippen LogP) is 1.83. The van der Waals surface area contributed by atoms with Crippen LogP contribution in [0.1, 0.15) is 24.8 Å². The van der Waals surface area contributed by atoms with Gasteiger partial charge < -0.3 is 15.0 Å². The van der Waals surface area contributed by atoms with E-state index in [1.807, 2.05) is 24.1 Å². The number of aryl methyl sites for hydroxylation is 1. The Kier molecular flexibility index (Phi) is 4.10. The molecular formula is C16H23N3O2. The third-order valence-corrected chi connectivity index (χ3v) is 4.65. The molecule has 0 radical (unpaired) electrons. The van der Waals surface area contributed by atoms with E-state index in [0.29, 0.717) is 6.42 Å². The number of carbonyl (C=O) groups is 1. The summed E-state index contributed by atoms with van der Waals surface area (Å²) in [5, 5.41) is 3.39. The molecule has 3 heterocycles. The van der Waals surface area contributed by atoms with E-state index in [1.165, 1.54) is 0 Å². The number of pyridine rings is 1. The molecule has 0 aromatic carbocycles. The summed E-state index contributed by atoms with van der Waals surface area (Å²) in [6, 6.07) is 1.97. The van der Waals surface area contributed by atoms with E-state index in [1.54, 1.807) is 6.20 Å². The van der Waals surface area contributed by atoms with Gasteiger partial charge in [0.25, 0.3) is 0 Å². The highest BCUT2D eigenvalue weighted by Gasteiger charge is 2.41. The Hall–Kier alpha value is -1.62. The molecule has 1 spiro atoms. The van der Waals surface area contributed by atoms with Crippen molar-refractivity contribution in [3.8, 4) is 0 Å². The van der Waals surface area contributed by atoms with Gasteiger partial charge in [-0.3, -0.25) is 9.78 Å². The van der Waals surface area contributed by atoms with Crippen LogP contribution in [0.4, 0.5) is 5.69 Å². The number of nitrogens with one attached hydrogen (secondary N) is 1. The molecule has 5 heteroatoms. The Bertz CT molecular complexity index is 512. The van der Waals surface area contributed by atoms with Crippen molar-refractivity contribution >= 4 is 11.6 Å². The van der Waals surface area contributed by atoms with Gasteiger partial charge in [0.2, 0.25) is 5.91 Å². The highest BCUT2D eigenvalue weighted by atomic mass is 16.5. The quantitative estimate of drug-likeness (QED) is 0.919. The molecule has 1 aromatic heterocycles. The van der Waals surface area contributed by atoms with Gasteiger partial charge in [-0.15, -0.1) is 0 Å². The first-order valence-electron chi connectivity index (χ1n) is 7.69. The predicted molar refractivity (Wildman–Crippen MR) is 81.1 cm³/mol. The van der Waals surface area contributed by atoms with E-state index in [0.717, 1.165) is 56.9 Å². The normalized spacial score (nSPS) is 25.6. The van der Waals surface area contributed by atoms with Crippen LogP contribution in [-0.2, 0) is 9.53 Å². The van der Waals surface area contributed by atoms with Crippen molar-refractivity contribution in [3.05, 3.63) is 24.0 Å². The maximum Gasteiger partial charge on any atom is 0.222 e. The lowest BCUT2D eigenvalue weighted by Crippen LogP contribution is -2.48. The van der Waals surface area contributed by atoms with Gasteiger partial charge in [-0.1, -0.05) is 0 Å². The van der Waals surface area contributed by atoms with Crippen LogP contribution in [0.2, 0.25) is 0 Å². The zero-order chi connectivity index (χ0) is 14.7. The largest absolute Gasteiger partial charge is 0.383 e. The summed E-state index contributed by atoms with van der Waals surface area (Å²) in [5.41, 5.74) is 2.44. The smallest absolute Gasteiger partial charge is 0.222 e. The Morgan fingerprint density at radius 2 is 2.38 bits per heavy atom. The molecule has 1 aromatic rings. The first-order chi connectivity index (χ1) is 10.2. The fourth-order valence-electron chi connectivity index (χ4n) is 3.27. The van der Waals surface area contributed by atoms with Crippen molar-refractivity contribution in [2.75, 3.05) is 38.2 Å². The number of hydrogen-bond acceptors (Lipinski definition) is 4. The molecule has 3 rings (SSSR count). The minimum Gasteiger partial charge on any atom is -0.383 e. The van der Waals surface area contributed by atoms with Crippen LogP contribution in [0, 0.1) is 12.3 Å². The molecular weight excluding hydrogens is 266 g/mol. The topological polar surface area (TPSA) is 54.5 Å². The number of ether oxygens (including phenoxy) is 1. The Morgan fingerprint density at radius 3 is 3.14 bits per heavy atom. The van der Waals surface area contributed by atoms with Crippen molar-refractivity contribution in [1.82, 2.24) is 9.88 Å². The molecule has 1 atom stereocenters. The molecule has 0 aliphatic carbocycles. The first-order valence-corrected chi connectivity index (χ1v) is 7.69. The fourth-order valence-corrected chi connectivity index (χ4v) is 3.27. The summed E-state index contributed by atoms with van der Waals surface area (Å²) in [5.74, 6) is 0.278. The average Bonchev–Trinajstić information content (AvgIpc) is 2.93. The SMILES string of the molecule is Cc1cnccc1NCCN1C[C@@]2(CCOC2)CCC1=O. The molecule has 0 unspecified atom stereocenters. The highest BCUT2D eigenvalue weighted by Crippen LogP contribution is 2.37. The Morgan fingerprint density at radius 1 is 1.48 bits per heavy atom. The van der Waals surface area contributed by atoms with Crippen molar-refractivity contribution < 1.29 is 9.53 Å². The van der Waals surface area contributed by atoms with Crippen molar-refractivity contribution in [3.63, 3.8) is 0 Å². The lowest BCUT2D eigenvalue weighted by atomic mass is 9.79. The zero-order valence-corrected chi connectivity index (χ0v) is 12.6. The van der Waals surface area contributed by atoms with Gasteiger partial charge in [0, 0.05) is 56.2 Å². The molecule has 0 saturated carbocycles. The lowest BCUT2D eigenvalue weighted by molar-refractivity contribution is -0.137. The number of hydrogen-bond donors (Lipinski definition) is 1. The number of amides is 1. The highest BCUT2D eigenvalue weighted by molar-refractivity contribution is 5.77. The molecule has 2 fully saturated rings. The number of piperidine rings is 1. The van der Waals surface area contributed by atoms with Crippen LogP contribution < -0.4 is 5.32 Å². The third kappa shape index (κ3) is 3.18. The van der Waals surface area contributed by atoms with Gasteiger partial charge in [0.15, 0.2) is 0 Å². The molecule has 1 N–H and O–H groups in total. The molecule has 21 heavy (non-hydrogen) atoms. The third-order valence-electron chi connectivity index (χ3n) is 4.65. The monoisotopic (exact) mass is 289 g/mol. The molecule has 2 aliphatic rings. The molecule has 2 aliphatic heterocycles. The second-order valence-electron chi connectivity index (χ2n) is 6.24. The first kappa shape index (κ1) is 14.3. The number of likely N-dealkylation sites (tertiary alicyclic amines) is 1. The molecule has 0 bridgehead atoms. The Balaban J connectivity index is 1.54. The standard InChI is InChI=1S/C16H23N3O2/c1-13-10-17-6-3-14(13)18-7-8-19-11-16(4-2-15(19)20)5-9-21-12-16/h3,6,10H,2,4-5,7-9,11-12H2,1H3,(H,17,18)/t16-/m0/s1. The second kappa shape index (κ2) is 6.02. The molecule has 5 nitrogen and oxygen atoms in total. The van der Waals surface area contributed by atoms with Crippen LogP contribution in [0.3, 0.4) is 0 Å². The van der Waals surface area contributed by atoms with Crippen LogP contribution >= 0.6 is 0 Å². The number of nitrogens with zero attached hydrogens (tertiary/aromatic N) is 2. The zero-order valence-electron chi connectivity index (χ0n) is 12.6. The summed E-state index contributed by atoms with van der Waals surface area (Å²) in [6.45, 7) is 6.06. The van der Waals surface area contributed by atoms with Gasteiger partial charge >= 0.3 is 0 Å². The number of rotatable bonds is 4. The maximum absolute atomic E-state index is 12.1. The van der Waals surface area contributed by atoms with Gasteiger partial charge in [-0.05, 0) is 31.4 Å². The van der Waals surface area contributed by atoms with Gasteiger partial charge in [-0.25, -0.2) is 0 Å². The number of carbonyl (C=O) groups excluding carboxylic acids is 1. The Labute approximate surface area is 125 Å². The van der Waals surface area contributed by atoms with Crippen LogP contribution in [0.15, 0.2) is 18.5 Å². The minimum absolute atomic E-state index is 0.223. The van der Waals surface area contributed by atoms with E-state index < -0.39 is 0 Å². The summed E-state index contributed by atoms with van der Waals surface area (Å²) >= 11 is 0.